The molecule has 1 aromatic carbocycles. The molecule has 8 nitrogen and oxygen atoms in total. The van der Waals surface area contributed by atoms with E-state index in [-0.39, 0.29) is 0 Å². The van der Waals surface area contributed by atoms with Crippen LogP contribution in [0.4, 0.5) is 4.79 Å². The molecule has 0 aromatic heterocycles. The van der Waals surface area contributed by atoms with E-state index in [0.29, 0.717) is 4.31 Å². The van der Waals surface area contributed by atoms with Gasteiger partial charge in [-0.2, -0.15) is 4.31 Å². The Morgan fingerprint density at radius 3 is 1.83 bits per heavy atom. The van der Waals surface area contributed by atoms with Gasteiger partial charge in [0.15, 0.2) is 9.84 Å². The third-order valence-electron chi connectivity index (χ3n) is 2.77. The molecular formula is C14H19NO7S2. The Bertz CT molecular complexity index is 865. The van der Waals surface area contributed by atoms with Crippen LogP contribution in [0.5, 0.6) is 0 Å². The van der Waals surface area contributed by atoms with Crippen molar-refractivity contribution in [2.45, 2.75) is 43.0 Å². The number of ether oxygens (including phenoxy) is 1. The lowest BCUT2D eigenvalue weighted by Crippen LogP contribution is -2.50. The molecule has 1 amide bonds. The molecule has 1 rings (SSSR count). The van der Waals surface area contributed by atoms with E-state index in [2.05, 4.69) is 4.74 Å². The molecule has 0 saturated heterocycles. The molecule has 0 N–H and O–H groups in total. The number of esters is 1. The first-order chi connectivity index (χ1) is 10.7. The van der Waals surface area contributed by atoms with Crippen LogP contribution in [0.1, 0.15) is 27.7 Å². The topological polar surface area (TPSA) is 115 Å². The number of carbonyl (C=O) groups excluding carboxylic acids is 2. The minimum Gasteiger partial charge on any atom is -0.376 e. The zero-order valence-electron chi connectivity index (χ0n) is 13.9. The molecule has 0 fully saturated rings. The zero-order chi connectivity index (χ0) is 18.9. The van der Waals surface area contributed by atoms with Gasteiger partial charge in [-0.15, -0.1) is 0 Å². The van der Waals surface area contributed by atoms with Crippen LogP contribution in [0, 0.1) is 0 Å². The summed E-state index contributed by atoms with van der Waals surface area (Å²) >= 11 is 0. The molecule has 0 aliphatic rings. The van der Waals surface area contributed by atoms with E-state index in [0.717, 1.165) is 25.3 Å². The highest BCUT2D eigenvalue weighted by Crippen LogP contribution is 2.29. The number of rotatable bonds is 3. The van der Waals surface area contributed by atoms with E-state index in [1.165, 1.54) is 32.9 Å². The normalized spacial score (nSPS) is 12.5. The molecule has 0 aliphatic heterocycles. The molecule has 0 unspecified atom stereocenters. The van der Waals surface area contributed by atoms with Gasteiger partial charge in [-0.25, -0.2) is 21.6 Å². The second kappa shape index (κ2) is 6.52. The van der Waals surface area contributed by atoms with Crippen LogP contribution in [0.15, 0.2) is 34.1 Å². The smallest absolute Gasteiger partial charge is 0.376 e. The lowest BCUT2D eigenvalue weighted by molar-refractivity contribution is -0.135. The van der Waals surface area contributed by atoms with Gasteiger partial charge >= 0.3 is 12.1 Å². The number of benzene rings is 1. The van der Waals surface area contributed by atoms with Crippen molar-refractivity contribution in [2.75, 3.05) is 6.26 Å². The maximum Gasteiger partial charge on any atom is 0.432 e. The van der Waals surface area contributed by atoms with Crippen LogP contribution in [-0.4, -0.2) is 45.0 Å². The summed E-state index contributed by atoms with van der Waals surface area (Å²) in [6.45, 7) is 5.19. The number of hydrogen-bond acceptors (Lipinski definition) is 7. The minimum absolute atomic E-state index is 0.353. The second-order valence-corrected chi connectivity index (χ2v) is 9.76. The summed E-state index contributed by atoms with van der Waals surface area (Å²) in [7, 11) is -8.46. The average Bonchev–Trinajstić information content (AvgIpc) is 2.34. The van der Waals surface area contributed by atoms with Gasteiger partial charge < -0.3 is 4.74 Å². The molecule has 0 bridgehead atoms. The quantitative estimate of drug-likeness (QED) is 0.580. The molecule has 24 heavy (non-hydrogen) atoms. The van der Waals surface area contributed by atoms with E-state index < -0.39 is 47.3 Å². The molecule has 0 atom stereocenters. The van der Waals surface area contributed by atoms with E-state index in [1.54, 1.807) is 0 Å². The van der Waals surface area contributed by atoms with Gasteiger partial charge in [-0.1, -0.05) is 12.1 Å². The van der Waals surface area contributed by atoms with Crippen LogP contribution < -0.4 is 0 Å². The third-order valence-corrected chi connectivity index (χ3v) is 6.15. The maximum atomic E-state index is 12.9. The first-order valence-electron chi connectivity index (χ1n) is 6.76. The van der Waals surface area contributed by atoms with Crippen molar-refractivity contribution in [3.8, 4) is 0 Å². The number of amides is 1. The van der Waals surface area contributed by atoms with Crippen LogP contribution in [-0.2, 0) is 29.4 Å². The number of hydrogen-bond donors (Lipinski definition) is 0. The molecule has 0 aliphatic carbocycles. The lowest BCUT2D eigenvalue weighted by atomic mass is 10.1. The highest BCUT2D eigenvalue weighted by Gasteiger charge is 2.42. The van der Waals surface area contributed by atoms with E-state index in [9.17, 15) is 26.4 Å². The first kappa shape index (κ1) is 20.1. The highest BCUT2D eigenvalue weighted by molar-refractivity contribution is 7.93. The molecule has 134 valence electrons. The van der Waals surface area contributed by atoms with Crippen molar-refractivity contribution in [2.24, 2.45) is 0 Å². The fourth-order valence-corrected chi connectivity index (χ4v) is 5.22. The zero-order valence-corrected chi connectivity index (χ0v) is 15.6. The standard InChI is InChI=1S/C14H19NO7S2/c1-10(16)22-13(17)15(14(2,3)4)24(20,21)12-9-7-6-8-11(12)23(5,18)19/h6-9H,1-5H3. The Kier molecular flexibility index (Phi) is 5.46. The van der Waals surface area contributed by atoms with Gasteiger partial charge in [0.25, 0.3) is 10.0 Å². The summed E-state index contributed by atoms with van der Waals surface area (Å²) in [4.78, 5) is 22.1. The highest BCUT2D eigenvalue weighted by atomic mass is 32.2. The Hall–Kier alpha value is -1.94. The second-order valence-electron chi connectivity index (χ2n) is 6.02. The van der Waals surface area contributed by atoms with Crippen LogP contribution in [0.25, 0.3) is 0 Å². The predicted molar refractivity (Wildman–Crippen MR) is 85.5 cm³/mol. The van der Waals surface area contributed by atoms with Crippen LogP contribution >= 0.6 is 0 Å². The summed E-state index contributed by atoms with van der Waals surface area (Å²) in [5.74, 6) is -0.985. The predicted octanol–water partition coefficient (Wildman–Crippen LogP) is 1.56. The number of nitrogens with zero attached hydrogens (tertiary/aromatic N) is 1. The Balaban J connectivity index is 3.67. The summed E-state index contributed by atoms with van der Waals surface area (Å²) in [6, 6.07) is 4.90. The van der Waals surface area contributed by atoms with E-state index in [4.69, 9.17) is 0 Å². The molecule has 0 heterocycles. The van der Waals surface area contributed by atoms with Crippen molar-refractivity contribution in [1.29, 1.82) is 0 Å². The molecule has 0 spiro atoms. The molecular weight excluding hydrogens is 358 g/mol. The van der Waals surface area contributed by atoms with Crippen molar-refractivity contribution in [1.82, 2.24) is 4.31 Å². The largest absolute Gasteiger partial charge is 0.432 e. The minimum atomic E-state index is -4.59. The van der Waals surface area contributed by atoms with Crippen LogP contribution in [0.2, 0.25) is 0 Å². The third kappa shape index (κ3) is 4.32. The number of sulfonamides is 1. The fourth-order valence-electron chi connectivity index (χ4n) is 1.96. The van der Waals surface area contributed by atoms with Gasteiger partial charge in [-0.05, 0) is 32.9 Å². The fraction of sp³-hybridized carbons (Fsp3) is 0.429. The summed E-state index contributed by atoms with van der Waals surface area (Å²) < 4.78 is 54.3. The average molecular weight is 377 g/mol. The Labute approximate surface area is 141 Å². The number of sulfone groups is 1. The van der Waals surface area contributed by atoms with Crippen molar-refractivity contribution < 1.29 is 31.2 Å². The number of carbonyl (C=O) groups is 2. The summed E-state index contributed by atoms with van der Waals surface area (Å²) in [6.07, 6.45) is -0.547. The molecule has 1 aromatic rings. The van der Waals surface area contributed by atoms with Gasteiger partial charge in [0.05, 0.1) is 10.4 Å². The summed E-state index contributed by atoms with van der Waals surface area (Å²) in [5, 5.41) is 0. The van der Waals surface area contributed by atoms with E-state index >= 15 is 0 Å². The molecule has 0 saturated carbocycles. The summed E-state index contributed by atoms with van der Waals surface area (Å²) in [5.41, 5.74) is -1.30. The van der Waals surface area contributed by atoms with Crippen molar-refractivity contribution in [3.63, 3.8) is 0 Å². The van der Waals surface area contributed by atoms with E-state index in [1.807, 2.05) is 0 Å². The Morgan fingerprint density at radius 2 is 1.46 bits per heavy atom. The lowest BCUT2D eigenvalue weighted by Gasteiger charge is -2.33. The van der Waals surface area contributed by atoms with Crippen molar-refractivity contribution in [3.05, 3.63) is 24.3 Å². The molecule has 0 radical (unpaired) electrons. The van der Waals surface area contributed by atoms with Crippen LogP contribution in [0.3, 0.4) is 0 Å². The monoisotopic (exact) mass is 377 g/mol. The first-order valence-corrected chi connectivity index (χ1v) is 10.1. The maximum absolute atomic E-state index is 12.9. The van der Waals surface area contributed by atoms with Crippen molar-refractivity contribution >= 4 is 31.9 Å². The van der Waals surface area contributed by atoms with Gasteiger partial charge in [0.1, 0.15) is 4.90 Å². The Morgan fingerprint density at radius 1 is 1.00 bits per heavy atom. The van der Waals surface area contributed by atoms with Gasteiger partial charge in [0, 0.05) is 13.2 Å². The van der Waals surface area contributed by atoms with Gasteiger partial charge in [-0.3, -0.25) is 4.79 Å². The SMILES string of the molecule is CC(=O)OC(=O)N(C(C)(C)C)S(=O)(=O)c1ccccc1S(C)(=O)=O. The molecule has 10 heteroatoms. The van der Waals surface area contributed by atoms with Gasteiger partial charge in [0.2, 0.25) is 0 Å².